The van der Waals surface area contributed by atoms with Gasteiger partial charge in [0.15, 0.2) is 0 Å². The monoisotopic (exact) mass is 350 g/mol. The van der Waals surface area contributed by atoms with Gasteiger partial charge in [-0.2, -0.15) is 4.31 Å². The smallest absolute Gasteiger partial charge is 0.243 e. The highest BCUT2D eigenvalue weighted by Crippen LogP contribution is 2.28. The van der Waals surface area contributed by atoms with Crippen LogP contribution in [0.2, 0.25) is 0 Å². The van der Waals surface area contributed by atoms with E-state index in [-0.39, 0.29) is 0 Å². The lowest BCUT2D eigenvalue weighted by Crippen LogP contribution is -2.52. The molecule has 134 valence electrons. The minimum absolute atomic E-state index is 0.513. The molecule has 24 heavy (non-hydrogen) atoms. The van der Waals surface area contributed by atoms with Crippen molar-refractivity contribution in [1.29, 1.82) is 0 Å². The maximum absolute atomic E-state index is 13.1. The zero-order valence-electron chi connectivity index (χ0n) is 15.2. The van der Waals surface area contributed by atoms with Crippen LogP contribution in [0, 0.1) is 20.8 Å². The van der Waals surface area contributed by atoms with Gasteiger partial charge >= 0.3 is 0 Å². The number of hydrogen-bond acceptors (Lipinski definition) is 3. The zero-order valence-corrected chi connectivity index (χ0v) is 16.0. The molecule has 1 saturated heterocycles. The lowest BCUT2D eigenvalue weighted by Gasteiger charge is -2.40. The van der Waals surface area contributed by atoms with Crippen molar-refractivity contribution in [2.75, 3.05) is 26.2 Å². The van der Waals surface area contributed by atoms with Crippen LogP contribution in [0.15, 0.2) is 17.0 Å². The van der Waals surface area contributed by atoms with E-state index >= 15 is 0 Å². The van der Waals surface area contributed by atoms with Crippen LogP contribution in [0.1, 0.15) is 48.8 Å². The van der Waals surface area contributed by atoms with Gasteiger partial charge in [-0.1, -0.05) is 37.0 Å². The fourth-order valence-electron chi connectivity index (χ4n) is 4.46. The van der Waals surface area contributed by atoms with Crippen molar-refractivity contribution in [3.8, 4) is 0 Å². The summed E-state index contributed by atoms with van der Waals surface area (Å²) in [5, 5.41) is 0. The molecule has 1 aromatic rings. The van der Waals surface area contributed by atoms with E-state index in [4.69, 9.17) is 0 Å². The van der Waals surface area contributed by atoms with E-state index in [1.807, 2.05) is 32.9 Å². The summed E-state index contributed by atoms with van der Waals surface area (Å²) < 4.78 is 28.0. The molecule has 4 nitrogen and oxygen atoms in total. The third kappa shape index (κ3) is 3.53. The summed E-state index contributed by atoms with van der Waals surface area (Å²) >= 11 is 0. The average molecular weight is 351 g/mol. The Morgan fingerprint density at radius 2 is 1.42 bits per heavy atom. The van der Waals surface area contributed by atoms with Crippen LogP contribution in [0.25, 0.3) is 0 Å². The van der Waals surface area contributed by atoms with Gasteiger partial charge in [0.05, 0.1) is 4.90 Å². The van der Waals surface area contributed by atoms with Crippen LogP contribution in [0.5, 0.6) is 0 Å². The number of rotatable bonds is 3. The molecule has 5 heteroatoms. The van der Waals surface area contributed by atoms with Gasteiger partial charge in [-0.05, 0) is 44.7 Å². The molecule has 1 aliphatic heterocycles. The molecular weight excluding hydrogens is 320 g/mol. The number of aryl methyl sites for hydroxylation is 3. The molecule has 0 radical (unpaired) electrons. The summed E-state index contributed by atoms with van der Waals surface area (Å²) in [6.07, 6.45) is 6.57. The zero-order chi connectivity index (χ0) is 17.3. The van der Waals surface area contributed by atoms with Crippen molar-refractivity contribution in [2.24, 2.45) is 0 Å². The summed E-state index contributed by atoms with van der Waals surface area (Å²) in [6, 6.07) is 4.61. The van der Waals surface area contributed by atoms with Crippen molar-refractivity contribution in [2.45, 2.75) is 63.8 Å². The van der Waals surface area contributed by atoms with E-state index in [0.717, 1.165) is 29.8 Å². The van der Waals surface area contributed by atoms with E-state index in [2.05, 4.69) is 4.90 Å². The largest absolute Gasteiger partial charge is 0.298 e. The van der Waals surface area contributed by atoms with Crippen molar-refractivity contribution >= 4 is 10.0 Å². The molecule has 0 bridgehead atoms. The third-order valence-electron chi connectivity index (χ3n) is 5.57. The third-order valence-corrected chi connectivity index (χ3v) is 7.77. The molecule has 2 aliphatic rings. The molecule has 1 heterocycles. The van der Waals surface area contributed by atoms with Crippen molar-refractivity contribution < 1.29 is 8.42 Å². The minimum Gasteiger partial charge on any atom is -0.298 e. The molecule has 0 aromatic heterocycles. The summed E-state index contributed by atoms with van der Waals surface area (Å²) in [4.78, 5) is 3.03. The van der Waals surface area contributed by atoms with Gasteiger partial charge < -0.3 is 0 Å². The van der Waals surface area contributed by atoms with E-state index in [1.54, 1.807) is 4.31 Å². The van der Waals surface area contributed by atoms with E-state index in [0.29, 0.717) is 24.0 Å². The topological polar surface area (TPSA) is 40.6 Å². The normalized spacial score (nSPS) is 22.0. The van der Waals surface area contributed by atoms with Crippen molar-refractivity contribution in [3.05, 3.63) is 28.8 Å². The molecule has 1 saturated carbocycles. The Kier molecular flexibility index (Phi) is 5.33. The lowest BCUT2D eigenvalue weighted by atomic mass is 9.94. The lowest BCUT2D eigenvalue weighted by molar-refractivity contribution is 0.111. The Morgan fingerprint density at radius 1 is 0.875 bits per heavy atom. The van der Waals surface area contributed by atoms with E-state index < -0.39 is 10.0 Å². The first kappa shape index (κ1) is 17.9. The molecule has 0 unspecified atom stereocenters. The number of sulfonamides is 1. The minimum atomic E-state index is -3.39. The molecule has 1 aliphatic carbocycles. The Labute approximate surface area is 146 Å². The van der Waals surface area contributed by atoms with Gasteiger partial charge in [-0.25, -0.2) is 8.42 Å². The Morgan fingerprint density at radius 3 is 1.96 bits per heavy atom. The summed E-state index contributed by atoms with van der Waals surface area (Å²) in [5.41, 5.74) is 2.84. The Hall–Kier alpha value is -0.910. The summed E-state index contributed by atoms with van der Waals surface area (Å²) in [6.45, 7) is 8.80. The van der Waals surface area contributed by atoms with Gasteiger partial charge in [0.2, 0.25) is 10.0 Å². The summed E-state index contributed by atoms with van der Waals surface area (Å²) in [7, 11) is -3.39. The van der Waals surface area contributed by atoms with Gasteiger partial charge in [0, 0.05) is 32.2 Å². The highest BCUT2D eigenvalue weighted by Gasteiger charge is 2.33. The van der Waals surface area contributed by atoms with Gasteiger partial charge in [0.1, 0.15) is 0 Å². The molecule has 0 amide bonds. The van der Waals surface area contributed by atoms with Crippen LogP contribution >= 0.6 is 0 Å². The standard InChI is InChI=1S/C19H30N2O2S/c1-15-13-16(2)19(17(3)14-15)24(22,23)21-11-9-20(10-12-21)18-7-5-4-6-8-18/h13-14,18H,4-12H2,1-3H3. The van der Waals surface area contributed by atoms with Crippen LogP contribution in [0.3, 0.4) is 0 Å². The van der Waals surface area contributed by atoms with Crippen molar-refractivity contribution in [3.63, 3.8) is 0 Å². The highest BCUT2D eigenvalue weighted by atomic mass is 32.2. The maximum atomic E-state index is 13.1. The Bertz CT molecular complexity index is 662. The Balaban J connectivity index is 1.73. The molecule has 0 spiro atoms. The van der Waals surface area contributed by atoms with Crippen LogP contribution in [-0.4, -0.2) is 49.8 Å². The van der Waals surface area contributed by atoms with E-state index in [9.17, 15) is 8.42 Å². The molecule has 1 aromatic carbocycles. The second-order valence-corrected chi connectivity index (χ2v) is 9.33. The van der Waals surface area contributed by atoms with Crippen LogP contribution < -0.4 is 0 Å². The van der Waals surface area contributed by atoms with Crippen LogP contribution in [0.4, 0.5) is 0 Å². The second kappa shape index (κ2) is 7.14. The molecule has 2 fully saturated rings. The SMILES string of the molecule is Cc1cc(C)c(S(=O)(=O)N2CCN(C3CCCCC3)CC2)c(C)c1. The first-order chi connectivity index (χ1) is 11.4. The van der Waals surface area contributed by atoms with Gasteiger partial charge in [0.25, 0.3) is 0 Å². The first-order valence-electron chi connectivity index (χ1n) is 9.21. The first-order valence-corrected chi connectivity index (χ1v) is 10.7. The van der Waals surface area contributed by atoms with E-state index in [1.165, 1.54) is 32.1 Å². The predicted octanol–water partition coefficient (Wildman–Crippen LogP) is 3.25. The predicted molar refractivity (Wildman–Crippen MR) is 97.9 cm³/mol. The maximum Gasteiger partial charge on any atom is 0.243 e. The number of piperazine rings is 1. The fourth-order valence-corrected chi connectivity index (χ4v) is 6.29. The van der Waals surface area contributed by atoms with Gasteiger partial charge in [-0.3, -0.25) is 4.90 Å². The van der Waals surface area contributed by atoms with Gasteiger partial charge in [-0.15, -0.1) is 0 Å². The highest BCUT2D eigenvalue weighted by molar-refractivity contribution is 7.89. The molecule has 0 N–H and O–H groups in total. The quantitative estimate of drug-likeness (QED) is 0.840. The average Bonchev–Trinajstić information content (AvgIpc) is 2.54. The molecular formula is C19H30N2O2S. The number of hydrogen-bond donors (Lipinski definition) is 0. The number of benzene rings is 1. The molecule has 0 atom stereocenters. The van der Waals surface area contributed by atoms with Crippen LogP contribution in [-0.2, 0) is 10.0 Å². The fraction of sp³-hybridized carbons (Fsp3) is 0.684. The molecule has 3 rings (SSSR count). The second-order valence-electron chi connectivity index (χ2n) is 7.46. The number of nitrogens with zero attached hydrogens (tertiary/aromatic N) is 2. The summed E-state index contributed by atoms with van der Waals surface area (Å²) in [5.74, 6) is 0. The van der Waals surface area contributed by atoms with Crippen molar-refractivity contribution in [1.82, 2.24) is 9.21 Å².